The van der Waals surface area contributed by atoms with Crippen molar-refractivity contribution in [3.8, 4) is 10.6 Å². The van der Waals surface area contributed by atoms with Crippen LogP contribution in [0.2, 0.25) is 0 Å². The van der Waals surface area contributed by atoms with Crippen molar-refractivity contribution in [3.05, 3.63) is 76.0 Å². The molecule has 2 N–H and O–H groups in total. The van der Waals surface area contributed by atoms with Gasteiger partial charge in [-0.1, -0.05) is 42.5 Å². The smallest absolute Gasteiger partial charge is 0.407 e. The average molecular weight is 543 g/mol. The molecule has 2 atom stereocenters. The van der Waals surface area contributed by atoms with Crippen LogP contribution in [-0.4, -0.2) is 40.5 Å². The molecule has 0 saturated heterocycles. The number of nitrogens with one attached hydrogen (secondary N) is 2. The van der Waals surface area contributed by atoms with Crippen molar-refractivity contribution in [2.45, 2.75) is 12.1 Å². The van der Waals surface area contributed by atoms with Crippen LogP contribution in [0.4, 0.5) is 4.79 Å². The summed E-state index contributed by atoms with van der Waals surface area (Å²) in [5, 5.41) is 2.67. The third-order valence-corrected chi connectivity index (χ3v) is 8.19. The number of carbonyl (C=O) groups is 2. The number of fused-ring (bicyclic) bond motifs is 1. The summed E-state index contributed by atoms with van der Waals surface area (Å²) in [5.74, 6) is 0.441. The van der Waals surface area contributed by atoms with E-state index < -0.39 is 12.1 Å². The Hall–Kier alpha value is -2.95. The molecule has 33 heavy (non-hydrogen) atoms. The molecule has 0 radical (unpaired) electrons. The number of aromatic nitrogens is 2. The van der Waals surface area contributed by atoms with Crippen LogP contribution in [-0.2, 0) is 9.53 Å². The van der Waals surface area contributed by atoms with Crippen molar-refractivity contribution in [1.82, 2.24) is 20.2 Å². The van der Waals surface area contributed by atoms with E-state index in [1.165, 1.54) is 16.5 Å². The second kappa shape index (κ2) is 9.12. The number of thiophene rings is 2. The van der Waals surface area contributed by atoms with E-state index in [0.717, 1.165) is 14.4 Å². The fourth-order valence-corrected chi connectivity index (χ4v) is 6.79. The number of halogens is 1. The van der Waals surface area contributed by atoms with Crippen molar-refractivity contribution in [1.29, 1.82) is 0 Å². The Bertz CT molecular complexity index is 1310. The summed E-state index contributed by atoms with van der Waals surface area (Å²) in [4.78, 5) is 36.3. The van der Waals surface area contributed by atoms with Gasteiger partial charge in [-0.15, -0.1) is 22.7 Å². The third-order valence-electron chi connectivity index (χ3n) is 5.37. The number of amides is 2. The highest BCUT2D eigenvalue weighted by atomic mass is 79.9. The van der Waals surface area contributed by atoms with Crippen molar-refractivity contribution < 1.29 is 14.3 Å². The summed E-state index contributed by atoms with van der Waals surface area (Å²) in [6.45, 7) is 0.425. The predicted molar refractivity (Wildman–Crippen MR) is 133 cm³/mol. The van der Waals surface area contributed by atoms with Gasteiger partial charge >= 0.3 is 6.09 Å². The molecule has 2 amide bonds. The lowest BCUT2D eigenvalue weighted by Gasteiger charge is -2.28. The Labute approximate surface area is 206 Å². The minimum atomic E-state index is -0.863. The van der Waals surface area contributed by atoms with Crippen molar-refractivity contribution in [2.75, 3.05) is 13.7 Å². The summed E-state index contributed by atoms with van der Waals surface area (Å²) in [6.07, 6.45) is 5.09. The van der Waals surface area contributed by atoms with E-state index in [2.05, 4.69) is 38.4 Å². The number of alkyl carbamates (subject to hydrolysis) is 1. The molecule has 0 unspecified atom stereocenters. The topological polar surface area (TPSA) is 87.3 Å². The molecule has 5 rings (SSSR count). The number of rotatable bonds is 5. The lowest BCUT2D eigenvalue weighted by atomic mass is 10.1. The Morgan fingerprint density at radius 1 is 1.24 bits per heavy atom. The number of carbonyl (C=O) groups excluding carboxylic acids is 2. The lowest BCUT2D eigenvalue weighted by molar-refractivity contribution is -0.134. The summed E-state index contributed by atoms with van der Waals surface area (Å²) in [7, 11) is 1.28. The summed E-state index contributed by atoms with van der Waals surface area (Å²) < 4.78 is 8.28. The quantitative estimate of drug-likeness (QED) is 0.319. The van der Waals surface area contributed by atoms with Gasteiger partial charge in [0, 0.05) is 22.1 Å². The SMILES string of the molecule is COC(=O)N[C@@H](C(=O)N1CC=C[C@H]1c1nc(-c2cc3sc(Br)cc3s2)c[nH]1)c1ccccc1. The van der Waals surface area contributed by atoms with Gasteiger partial charge in [0.05, 0.1) is 21.5 Å². The van der Waals surface area contributed by atoms with E-state index in [4.69, 9.17) is 9.72 Å². The molecule has 0 saturated carbocycles. The highest BCUT2D eigenvalue weighted by Crippen LogP contribution is 2.40. The number of aromatic amines is 1. The number of imidazole rings is 1. The minimum absolute atomic E-state index is 0.235. The fraction of sp³-hybridized carbons (Fsp3) is 0.174. The number of benzene rings is 1. The Morgan fingerprint density at radius 3 is 2.79 bits per heavy atom. The van der Waals surface area contributed by atoms with Crippen molar-refractivity contribution in [3.63, 3.8) is 0 Å². The Morgan fingerprint density at radius 2 is 2.03 bits per heavy atom. The molecule has 1 aromatic carbocycles. The Kier molecular flexibility index (Phi) is 6.05. The average Bonchev–Trinajstić information content (AvgIpc) is 3.60. The molecule has 4 heterocycles. The van der Waals surface area contributed by atoms with E-state index in [9.17, 15) is 9.59 Å². The van der Waals surface area contributed by atoms with E-state index in [-0.39, 0.29) is 11.9 Å². The normalized spacial score (nSPS) is 16.3. The molecular weight excluding hydrogens is 524 g/mol. The van der Waals surface area contributed by atoms with Gasteiger partial charge in [-0.2, -0.15) is 0 Å². The first-order chi connectivity index (χ1) is 16.0. The van der Waals surface area contributed by atoms with Crippen LogP contribution < -0.4 is 5.32 Å². The molecule has 3 aromatic heterocycles. The molecule has 1 aliphatic heterocycles. The molecule has 0 spiro atoms. The summed E-state index contributed by atoms with van der Waals surface area (Å²) in [6, 6.07) is 12.2. The maximum atomic E-state index is 13.5. The second-order valence-electron chi connectivity index (χ2n) is 7.40. The lowest BCUT2D eigenvalue weighted by Crippen LogP contribution is -2.43. The van der Waals surface area contributed by atoms with Gasteiger partial charge in [0.1, 0.15) is 17.9 Å². The van der Waals surface area contributed by atoms with Gasteiger partial charge in [-0.05, 0) is 33.6 Å². The number of methoxy groups -OCH3 is 1. The van der Waals surface area contributed by atoms with Gasteiger partial charge in [-0.3, -0.25) is 4.79 Å². The van der Waals surface area contributed by atoms with E-state index >= 15 is 0 Å². The van der Waals surface area contributed by atoms with Crippen LogP contribution in [0.15, 0.2) is 64.6 Å². The van der Waals surface area contributed by atoms with Crippen LogP contribution in [0, 0.1) is 0 Å². The zero-order chi connectivity index (χ0) is 22.9. The van der Waals surface area contributed by atoms with Crippen molar-refractivity contribution >= 4 is 60.0 Å². The van der Waals surface area contributed by atoms with Crippen LogP contribution in [0.25, 0.3) is 20.0 Å². The number of hydrogen-bond acceptors (Lipinski definition) is 6. The van der Waals surface area contributed by atoms with Gasteiger partial charge in [-0.25, -0.2) is 9.78 Å². The zero-order valence-corrected chi connectivity index (χ0v) is 20.7. The van der Waals surface area contributed by atoms with Gasteiger partial charge in [0.25, 0.3) is 5.91 Å². The maximum Gasteiger partial charge on any atom is 0.407 e. The van der Waals surface area contributed by atoms with Gasteiger partial charge in [0.2, 0.25) is 0 Å². The standard InChI is InChI=1S/C23H19BrN4O3S2/c1-31-23(30)27-20(13-6-3-2-4-7-13)22(29)28-9-5-8-15(28)21-25-12-14(26-21)16-10-17-18(32-16)11-19(24)33-17/h2-8,10-12,15,20H,9H2,1H3,(H,25,26)(H,27,30)/t15-,20+/m0/s1. The first-order valence-electron chi connectivity index (χ1n) is 10.1. The van der Waals surface area contributed by atoms with Crippen LogP contribution in [0.1, 0.15) is 23.5 Å². The number of hydrogen-bond donors (Lipinski definition) is 2. The molecule has 168 valence electrons. The van der Waals surface area contributed by atoms with Crippen LogP contribution in [0.3, 0.4) is 0 Å². The summed E-state index contributed by atoms with van der Waals surface area (Å²) in [5.41, 5.74) is 1.53. The fourth-order valence-electron chi connectivity index (χ4n) is 3.81. The van der Waals surface area contributed by atoms with E-state index in [1.54, 1.807) is 27.6 Å². The number of H-pyrrole nitrogens is 1. The molecule has 0 bridgehead atoms. The highest BCUT2D eigenvalue weighted by molar-refractivity contribution is 9.11. The van der Waals surface area contributed by atoms with Crippen LogP contribution in [0.5, 0.6) is 0 Å². The number of ether oxygens (including phenoxy) is 1. The largest absolute Gasteiger partial charge is 0.453 e. The van der Waals surface area contributed by atoms with Crippen molar-refractivity contribution in [2.24, 2.45) is 0 Å². The first-order valence-corrected chi connectivity index (χ1v) is 12.6. The molecule has 0 aliphatic carbocycles. The van der Waals surface area contributed by atoms with Gasteiger partial charge < -0.3 is 19.9 Å². The third kappa shape index (κ3) is 4.33. The van der Waals surface area contributed by atoms with Gasteiger partial charge in [0.15, 0.2) is 0 Å². The molecule has 7 nitrogen and oxygen atoms in total. The molecule has 1 aliphatic rings. The predicted octanol–water partition coefficient (Wildman–Crippen LogP) is 5.65. The number of nitrogens with zero attached hydrogens (tertiary/aromatic N) is 2. The van der Waals surface area contributed by atoms with Crippen LogP contribution >= 0.6 is 38.6 Å². The first kappa shape index (κ1) is 21.9. The van der Waals surface area contributed by atoms with E-state index in [0.29, 0.717) is 17.9 Å². The maximum absolute atomic E-state index is 13.5. The Balaban J connectivity index is 1.41. The zero-order valence-electron chi connectivity index (χ0n) is 17.4. The highest BCUT2D eigenvalue weighted by Gasteiger charge is 2.34. The minimum Gasteiger partial charge on any atom is -0.453 e. The monoisotopic (exact) mass is 542 g/mol. The second-order valence-corrected chi connectivity index (χ2v) is 11.0. The van der Waals surface area contributed by atoms with E-state index in [1.807, 2.05) is 48.7 Å². The molecule has 0 fully saturated rings. The summed E-state index contributed by atoms with van der Waals surface area (Å²) >= 11 is 6.90. The molecule has 10 heteroatoms. The molecule has 4 aromatic rings. The molecular formula is C23H19BrN4O3S2.